The number of carbonyl (C=O) groups is 2. The average molecular weight is 305 g/mol. The number of amides is 2. The molecule has 0 aromatic heterocycles. The van der Waals surface area contributed by atoms with Gasteiger partial charge in [-0.15, -0.1) is 0 Å². The zero-order chi connectivity index (χ0) is 15.1. The van der Waals surface area contributed by atoms with Crippen LogP contribution in [-0.4, -0.2) is 35.3 Å². The molecule has 0 bridgehead atoms. The summed E-state index contributed by atoms with van der Waals surface area (Å²) in [5, 5.41) is 6.08. The van der Waals surface area contributed by atoms with Crippen molar-refractivity contribution in [1.82, 2.24) is 10.6 Å². The predicted molar refractivity (Wildman–Crippen MR) is 85.3 cm³/mol. The van der Waals surface area contributed by atoms with Crippen molar-refractivity contribution in [3.8, 4) is 0 Å². The third-order valence-electron chi connectivity index (χ3n) is 2.98. The molecule has 21 heavy (non-hydrogen) atoms. The Balaban J connectivity index is 1.67. The van der Waals surface area contributed by atoms with Crippen molar-refractivity contribution >= 4 is 28.7 Å². The zero-order valence-electron chi connectivity index (χ0n) is 12.0. The molecule has 1 aromatic rings. The van der Waals surface area contributed by atoms with Gasteiger partial charge in [0.25, 0.3) is 0 Å². The van der Waals surface area contributed by atoms with Crippen LogP contribution >= 0.6 is 11.8 Å². The molecular formula is C15H19N3O2S. The highest BCUT2D eigenvalue weighted by molar-refractivity contribution is 8.14. The minimum Gasteiger partial charge on any atom is -0.355 e. The summed E-state index contributed by atoms with van der Waals surface area (Å²) >= 11 is 1.27. The summed E-state index contributed by atoms with van der Waals surface area (Å²) in [6.45, 7) is 2.50. The van der Waals surface area contributed by atoms with Gasteiger partial charge in [0.2, 0.25) is 11.8 Å². The first kappa shape index (κ1) is 15.6. The quantitative estimate of drug-likeness (QED) is 0.862. The third-order valence-corrected chi connectivity index (χ3v) is 3.87. The van der Waals surface area contributed by atoms with Gasteiger partial charge in [0.1, 0.15) is 0 Å². The third kappa shape index (κ3) is 5.59. The zero-order valence-corrected chi connectivity index (χ0v) is 12.8. The van der Waals surface area contributed by atoms with E-state index in [-0.39, 0.29) is 23.6 Å². The lowest BCUT2D eigenvalue weighted by molar-refractivity contribution is -0.120. The van der Waals surface area contributed by atoms with Crippen LogP contribution in [0.4, 0.5) is 0 Å². The Morgan fingerprint density at radius 3 is 2.90 bits per heavy atom. The summed E-state index contributed by atoms with van der Waals surface area (Å²) in [5.41, 5.74) is 1.20. The van der Waals surface area contributed by atoms with Crippen molar-refractivity contribution in [2.24, 2.45) is 4.99 Å². The predicted octanol–water partition coefficient (Wildman–Crippen LogP) is 1.34. The van der Waals surface area contributed by atoms with E-state index < -0.39 is 0 Å². The largest absolute Gasteiger partial charge is 0.355 e. The van der Waals surface area contributed by atoms with Gasteiger partial charge in [0.05, 0.1) is 11.8 Å². The van der Waals surface area contributed by atoms with Crippen LogP contribution in [0, 0.1) is 0 Å². The minimum absolute atomic E-state index is 0.0117. The van der Waals surface area contributed by atoms with Crippen LogP contribution in [0.3, 0.4) is 0 Å². The van der Waals surface area contributed by atoms with Crippen LogP contribution in [0.1, 0.15) is 18.9 Å². The van der Waals surface area contributed by atoms with E-state index in [0.29, 0.717) is 18.1 Å². The molecule has 0 radical (unpaired) electrons. The van der Waals surface area contributed by atoms with Crippen LogP contribution in [0.15, 0.2) is 35.3 Å². The van der Waals surface area contributed by atoms with E-state index in [9.17, 15) is 9.59 Å². The van der Waals surface area contributed by atoms with Crippen molar-refractivity contribution in [2.45, 2.75) is 25.8 Å². The molecule has 0 saturated carbocycles. The highest BCUT2D eigenvalue weighted by Crippen LogP contribution is 2.10. The monoisotopic (exact) mass is 305 g/mol. The number of hydrogen-bond donors (Lipinski definition) is 2. The summed E-state index contributed by atoms with van der Waals surface area (Å²) in [7, 11) is 0. The number of hydrogen-bond acceptors (Lipinski definition) is 4. The van der Waals surface area contributed by atoms with E-state index in [1.807, 2.05) is 37.3 Å². The second kappa shape index (κ2) is 7.83. The minimum atomic E-state index is -0.0499. The number of carbonyl (C=O) groups excluding carboxylic acids is 2. The van der Waals surface area contributed by atoms with Crippen LogP contribution in [-0.2, 0) is 16.0 Å². The lowest BCUT2D eigenvalue weighted by Crippen LogP contribution is -2.37. The van der Waals surface area contributed by atoms with Crippen LogP contribution < -0.4 is 10.6 Å². The molecule has 1 atom stereocenters. The first-order valence-corrected chi connectivity index (χ1v) is 7.93. The highest BCUT2D eigenvalue weighted by Gasteiger charge is 2.18. The molecule has 2 amide bonds. The highest BCUT2D eigenvalue weighted by atomic mass is 32.2. The topological polar surface area (TPSA) is 70.6 Å². The fourth-order valence-electron chi connectivity index (χ4n) is 1.97. The van der Waals surface area contributed by atoms with Gasteiger partial charge in [-0.05, 0) is 18.9 Å². The van der Waals surface area contributed by atoms with Crippen LogP contribution in [0.25, 0.3) is 0 Å². The number of amidine groups is 1. The number of aliphatic imine (C=N–C) groups is 1. The molecule has 1 aromatic carbocycles. The van der Waals surface area contributed by atoms with Gasteiger partial charge in [-0.3, -0.25) is 14.6 Å². The summed E-state index contributed by atoms with van der Waals surface area (Å²) in [6, 6.07) is 10.0. The molecule has 1 aliphatic heterocycles. The molecule has 2 N–H and O–H groups in total. The van der Waals surface area contributed by atoms with E-state index in [4.69, 9.17) is 0 Å². The number of rotatable bonds is 5. The van der Waals surface area contributed by atoms with Gasteiger partial charge in [-0.25, -0.2) is 0 Å². The normalized spacial score (nSPS) is 17.9. The van der Waals surface area contributed by atoms with E-state index >= 15 is 0 Å². The van der Waals surface area contributed by atoms with Crippen molar-refractivity contribution in [1.29, 1.82) is 0 Å². The fraction of sp³-hybridized carbons (Fsp3) is 0.400. The second-order valence-electron chi connectivity index (χ2n) is 4.91. The Bertz CT molecular complexity index is 531. The molecule has 1 heterocycles. The molecule has 5 nitrogen and oxygen atoms in total. The van der Waals surface area contributed by atoms with Crippen LogP contribution in [0.2, 0.25) is 0 Å². The van der Waals surface area contributed by atoms with E-state index in [1.165, 1.54) is 17.3 Å². The Morgan fingerprint density at radius 1 is 1.43 bits per heavy atom. The number of nitrogens with one attached hydrogen (secondary N) is 2. The van der Waals surface area contributed by atoms with Crippen molar-refractivity contribution in [3.05, 3.63) is 35.9 Å². The SMILES string of the molecule is C[C@@H]1CC(=O)NC(SCC(=O)NCCc2ccccc2)=N1. The van der Waals surface area contributed by atoms with Gasteiger partial charge in [0, 0.05) is 13.0 Å². The van der Waals surface area contributed by atoms with Crippen molar-refractivity contribution in [2.75, 3.05) is 12.3 Å². The maximum atomic E-state index is 11.7. The van der Waals surface area contributed by atoms with Crippen molar-refractivity contribution in [3.63, 3.8) is 0 Å². The standard InChI is InChI=1S/C15H19N3O2S/c1-11-9-13(19)18-15(17-11)21-10-14(20)16-8-7-12-5-3-2-4-6-12/h2-6,11H,7-10H2,1H3,(H,16,20)(H,17,18,19)/t11-/m1/s1. The molecule has 2 rings (SSSR count). The smallest absolute Gasteiger partial charge is 0.230 e. The molecule has 0 aliphatic carbocycles. The molecule has 1 aliphatic rings. The van der Waals surface area contributed by atoms with E-state index in [1.54, 1.807) is 0 Å². The van der Waals surface area contributed by atoms with Gasteiger partial charge in [0.15, 0.2) is 5.17 Å². The maximum Gasteiger partial charge on any atom is 0.230 e. The first-order chi connectivity index (χ1) is 10.1. The Kier molecular flexibility index (Phi) is 5.80. The maximum absolute atomic E-state index is 11.7. The Hall–Kier alpha value is -1.82. The Morgan fingerprint density at radius 2 is 2.19 bits per heavy atom. The molecule has 0 spiro atoms. The summed E-state index contributed by atoms with van der Waals surface area (Å²) in [5.74, 6) is 0.177. The lowest BCUT2D eigenvalue weighted by atomic mass is 10.1. The molecular weight excluding hydrogens is 286 g/mol. The summed E-state index contributed by atoms with van der Waals surface area (Å²) in [4.78, 5) is 27.4. The average Bonchev–Trinajstić information content (AvgIpc) is 2.45. The molecule has 0 fully saturated rings. The summed E-state index contributed by atoms with van der Waals surface area (Å²) < 4.78 is 0. The van der Waals surface area contributed by atoms with Gasteiger partial charge < -0.3 is 10.6 Å². The lowest BCUT2D eigenvalue weighted by Gasteiger charge is -2.17. The molecule has 112 valence electrons. The van der Waals surface area contributed by atoms with Crippen LogP contribution in [0.5, 0.6) is 0 Å². The van der Waals surface area contributed by atoms with Crippen molar-refractivity contribution < 1.29 is 9.59 Å². The van der Waals surface area contributed by atoms with Gasteiger partial charge in [-0.2, -0.15) is 0 Å². The molecule has 0 unspecified atom stereocenters. The number of benzene rings is 1. The molecule has 0 saturated heterocycles. The van der Waals surface area contributed by atoms with Gasteiger partial charge in [-0.1, -0.05) is 42.1 Å². The van der Waals surface area contributed by atoms with E-state index in [2.05, 4.69) is 15.6 Å². The second-order valence-corrected chi connectivity index (χ2v) is 5.87. The van der Waals surface area contributed by atoms with Gasteiger partial charge >= 0.3 is 0 Å². The molecule has 6 heteroatoms. The number of nitrogens with zero attached hydrogens (tertiary/aromatic N) is 1. The fourth-order valence-corrected chi connectivity index (χ4v) is 2.78. The Labute approximate surface area is 128 Å². The first-order valence-electron chi connectivity index (χ1n) is 6.94. The summed E-state index contributed by atoms with van der Waals surface area (Å²) in [6.07, 6.45) is 1.22. The number of thioether (sulfide) groups is 1. The van der Waals surface area contributed by atoms with E-state index in [0.717, 1.165) is 6.42 Å².